The molecule has 0 amide bonds. The number of aryl methyl sites for hydroxylation is 2. The Kier molecular flexibility index (Phi) is 3.00. The quantitative estimate of drug-likeness (QED) is 0.732. The first-order valence-electron chi connectivity index (χ1n) is 3.99. The number of aromatic nitrogens is 1. The highest BCUT2D eigenvalue weighted by Crippen LogP contribution is 2.26. The van der Waals surface area contributed by atoms with Crippen molar-refractivity contribution < 1.29 is 15.4 Å². The van der Waals surface area contributed by atoms with Gasteiger partial charge in [-0.2, -0.15) is 0 Å². The molecule has 0 atom stereocenters. The van der Waals surface area contributed by atoms with Crippen LogP contribution in [0.4, 0.5) is 0 Å². The van der Waals surface area contributed by atoms with Crippen LogP contribution in [0.3, 0.4) is 0 Å². The molecular formula is C8H11NO3S. The molecule has 0 aliphatic heterocycles. The molecule has 0 aromatic carbocycles. The van der Waals surface area contributed by atoms with E-state index in [0.717, 1.165) is 25.0 Å². The Morgan fingerprint density at radius 3 is 2.69 bits per heavy atom. The number of fused-ring (bicyclic) bond motifs is 1. The van der Waals surface area contributed by atoms with E-state index >= 15 is 0 Å². The molecule has 1 aromatic heterocycles. The zero-order valence-corrected chi connectivity index (χ0v) is 7.86. The minimum absolute atomic E-state index is 0. The number of hydrogen-bond acceptors (Lipinski definition) is 3. The van der Waals surface area contributed by atoms with Crippen LogP contribution >= 0.6 is 11.3 Å². The van der Waals surface area contributed by atoms with Crippen molar-refractivity contribution in [3.05, 3.63) is 15.6 Å². The molecule has 1 aromatic rings. The van der Waals surface area contributed by atoms with Crippen LogP contribution in [-0.2, 0) is 12.8 Å². The van der Waals surface area contributed by atoms with E-state index in [1.807, 2.05) is 0 Å². The van der Waals surface area contributed by atoms with Crippen molar-refractivity contribution in [2.75, 3.05) is 0 Å². The third-order valence-electron chi connectivity index (χ3n) is 2.03. The van der Waals surface area contributed by atoms with Gasteiger partial charge in [-0.1, -0.05) is 0 Å². The fraction of sp³-hybridized carbons (Fsp3) is 0.500. The van der Waals surface area contributed by atoms with Crippen LogP contribution in [0.15, 0.2) is 0 Å². The lowest BCUT2D eigenvalue weighted by Gasteiger charge is -2.06. The second kappa shape index (κ2) is 3.85. The molecule has 1 aliphatic rings. The Morgan fingerprint density at radius 2 is 2.08 bits per heavy atom. The van der Waals surface area contributed by atoms with E-state index in [-0.39, 0.29) is 10.5 Å². The maximum absolute atomic E-state index is 10.6. The van der Waals surface area contributed by atoms with E-state index in [4.69, 9.17) is 5.11 Å². The highest BCUT2D eigenvalue weighted by molar-refractivity contribution is 7.13. The van der Waals surface area contributed by atoms with Crippen molar-refractivity contribution in [2.24, 2.45) is 0 Å². The number of thiazole rings is 1. The van der Waals surface area contributed by atoms with Crippen molar-refractivity contribution >= 4 is 17.3 Å². The third kappa shape index (κ3) is 1.87. The second-order valence-electron chi connectivity index (χ2n) is 2.90. The summed E-state index contributed by atoms with van der Waals surface area (Å²) in [5.41, 5.74) is 1.02. The summed E-state index contributed by atoms with van der Waals surface area (Å²) < 4.78 is 0. The molecule has 0 bridgehead atoms. The Labute approximate surface area is 79.5 Å². The van der Waals surface area contributed by atoms with E-state index in [2.05, 4.69) is 4.98 Å². The van der Waals surface area contributed by atoms with Gasteiger partial charge >= 0.3 is 5.97 Å². The van der Waals surface area contributed by atoms with Gasteiger partial charge in [0.2, 0.25) is 5.01 Å². The Hall–Kier alpha value is -0.940. The number of hydrogen-bond donors (Lipinski definition) is 1. The molecule has 72 valence electrons. The lowest BCUT2D eigenvalue weighted by molar-refractivity contribution is 0.0696. The highest BCUT2D eigenvalue weighted by atomic mass is 32.1. The zero-order valence-electron chi connectivity index (χ0n) is 7.04. The zero-order chi connectivity index (χ0) is 8.55. The fourth-order valence-corrected chi connectivity index (χ4v) is 2.43. The first-order chi connectivity index (χ1) is 5.77. The average molecular weight is 201 g/mol. The SMILES string of the molecule is O.O=C(O)c1nc2c(s1)CCCC2. The van der Waals surface area contributed by atoms with Gasteiger partial charge in [0.25, 0.3) is 0 Å². The summed E-state index contributed by atoms with van der Waals surface area (Å²) >= 11 is 1.33. The molecule has 3 N–H and O–H groups in total. The van der Waals surface area contributed by atoms with Crippen LogP contribution in [0.5, 0.6) is 0 Å². The predicted molar refractivity (Wildman–Crippen MR) is 49.3 cm³/mol. The average Bonchev–Trinajstić information content (AvgIpc) is 2.46. The summed E-state index contributed by atoms with van der Waals surface area (Å²) in [6.45, 7) is 0. The molecule has 1 heterocycles. The van der Waals surface area contributed by atoms with Crippen molar-refractivity contribution in [2.45, 2.75) is 25.7 Å². The van der Waals surface area contributed by atoms with Gasteiger partial charge in [0.15, 0.2) is 0 Å². The van der Waals surface area contributed by atoms with Crippen molar-refractivity contribution in [3.8, 4) is 0 Å². The van der Waals surface area contributed by atoms with Gasteiger partial charge in [-0.15, -0.1) is 11.3 Å². The normalized spacial score (nSPS) is 14.5. The number of aromatic carboxylic acids is 1. The van der Waals surface area contributed by atoms with Crippen LogP contribution in [0.1, 0.15) is 33.2 Å². The van der Waals surface area contributed by atoms with E-state index < -0.39 is 5.97 Å². The monoisotopic (exact) mass is 201 g/mol. The molecule has 4 nitrogen and oxygen atoms in total. The van der Waals surface area contributed by atoms with Crippen molar-refractivity contribution in [3.63, 3.8) is 0 Å². The van der Waals surface area contributed by atoms with E-state index in [1.54, 1.807) is 0 Å². The Balaban J connectivity index is 0.000000845. The van der Waals surface area contributed by atoms with Gasteiger partial charge in [-0.3, -0.25) is 0 Å². The minimum Gasteiger partial charge on any atom is -0.476 e. The molecule has 0 radical (unpaired) electrons. The second-order valence-corrected chi connectivity index (χ2v) is 3.98. The van der Waals surface area contributed by atoms with Gasteiger partial charge < -0.3 is 10.6 Å². The number of rotatable bonds is 1. The summed E-state index contributed by atoms with van der Waals surface area (Å²) in [6, 6.07) is 0. The van der Waals surface area contributed by atoms with Gasteiger partial charge in [-0.05, 0) is 25.7 Å². The third-order valence-corrected chi connectivity index (χ3v) is 3.17. The standard InChI is InChI=1S/C8H9NO2S.H2O/c10-8(11)7-9-5-3-1-2-4-6(5)12-7;/h1-4H2,(H,10,11);1H2. The van der Waals surface area contributed by atoms with Crippen LogP contribution in [-0.4, -0.2) is 21.5 Å². The van der Waals surface area contributed by atoms with Crippen LogP contribution in [0.2, 0.25) is 0 Å². The van der Waals surface area contributed by atoms with Gasteiger partial charge in [-0.25, -0.2) is 9.78 Å². The van der Waals surface area contributed by atoms with Gasteiger partial charge in [0.1, 0.15) is 0 Å². The smallest absolute Gasteiger partial charge is 0.365 e. The summed E-state index contributed by atoms with van der Waals surface area (Å²) in [4.78, 5) is 15.8. The lowest BCUT2D eigenvalue weighted by atomic mass is 10.0. The van der Waals surface area contributed by atoms with Crippen molar-refractivity contribution in [1.82, 2.24) is 4.98 Å². The Bertz CT molecular complexity index is 298. The Morgan fingerprint density at radius 1 is 1.38 bits per heavy atom. The predicted octanol–water partition coefficient (Wildman–Crippen LogP) is 0.895. The molecule has 0 unspecified atom stereocenters. The number of nitrogens with zero attached hydrogens (tertiary/aromatic N) is 1. The highest BCUT2D eigenvalue weighted by Gasteiger charge is 2.17. The van der Waals surface area contributed by atoms with Gasteiger partial charge in [0.05, 0.1) is 5.69 Å². The fourth-order valence-electron chi connectivity index (χ4n) is 1.44. The number of carboxylic acids is 1. The van der Waals surface area contributed by atoms with E-state index in [9.17, 15) is 4.79 Å². The van der Waals surface area contributed by atoms with Gasteiger partial charge in [0, 0.05) is 4.88 Å². The maximum Gasteiger partial charge on any atom is 0.365 e. The van der Waals surface area contributed by atoms with Crippen LogP contribution in [0.25, 0.3) is 0 Å². The summed E-state index contributed by atoms with van der Waals surface area (Å²) in [5.74, 6) is -0.894. The molecular weight excluding hydrogens is 190 g/mol. The molecule has 0 fully saturated rings. The number of carbonyl (C=O) groups is 1. The molecule has 0 saturated heterocycles. The molecule has 5 heteroatoms. The molecule has 2 rings (SSSR count). The topological polar surface area (TPSA) is 81.7 Å². The minimum atomic E-state index is -0.894. The first kappa shape index (κ1) is 10.1. The molecule has 13 heavy (non-hydrogen) atoms. The molecule has 0 saturated carbocycles. The molecule has 1 aliphatic carbocycles. The first-order valence-corrected chi connectivity index (χ1v) is 4.81. The number of carboxylic acid groups (broad SMARTS) is 1. The van der Waals surface area contributed by atoms with E-state index in [0.29, 0.717) is 0 Å². The lowest BCUT2D eigenvalue weighted by Crippen LogP contribution is -2.00. The summed E-state index contributed by atoms with van der Waals surface area (Å²) in [6.07, 6.45) is 4.30. The summed E-state index contributed by atoms with van der Waals surface area (Å²) in [7, 11) is 0. The molecule has 0 spiro atoms. The summed E-state index contributed by atoms with van der Waals surface area (Å²) in [5, 5.41) is 8.93. The van der Waals surface area contributed by atoms with Crippen LogP contribution in [0, 0.1) is 0 Å². The largest absolute Gasteiger partial charge is 0.476 e. The van der Waals surface area contributed by atoms with E-state index in [1.165, 1.54) is 22.6 Å². The maximum atomic E-state index is 10.6. The van der Waals surface area contributed by atoms with Crippen LogP contribution < -0.4 is 0 Å². The van der Waals surface area contributed by atoms with Crippen molar-refractivity contribution in [1.29, 1.82) is 0 Å².